The Hall–Kier alpha value is -2.29. The van der Waals surface area contributed by atoms with Crippen molar-refractivity contribution < 1.29 is 8.42 Å². The molecule has 0 aliphatic rings. The van der Waals surface area contributed by atoms with E-state index in [0.29, 0.717) is 4.90 Å². The minimum atomic E-state index is -3.55. The molecule has 2 rings (SSSR count). The number of hydrogen-bond acceptors (Lipinski definition) is 3. The van der Waals surface area contributed by atoms with E-state index in [0.717, 1.165) is 22.4 Å². The van der Waals surface area contributed by atoms with Crippen molar-refractivity contribution in [3.8, 4) is 11.8 Å². The van der Waals surface area contributed by atoms with Crippen LogP contribution in [-0.2, 0) is 10.0 Å². The van der Waals surface area contributed by atoms with Gasteiger partial charge in [-0.15, -0.1) is 0 Å². The molecular weight excluding hydrogens is 320 g/mol. The van der Waals surface area contributed by atoms with Crippen LogP contribution in [0.4, 0.5) is 5.69 Å². The zero-order valence-corrected chi connectivity index (χ0v) is 15.2. The van der Waals surface area contributed by atoms with Gasteiger partial charge in [-0.05, 0) is 55.3 Å². The normalized spacial score (nSPS) is 10.8. The van der Waals surface area contributed by atoms with Crippen molar-refractivity contribution >= 4 is 15.7 Å². The maximum atomic E-state index is 12.4. The number of anilines is 1. The van der Waals surface area contributed by atoms with Crippen LogP contribution in [0.5, 0.6) is 0 Å². The average Bonchev–Trinajstić information content (AvgIpc) is 2.54. The van der Waals surface area contributed by atoms with Crippen LogP contribution in [0.15, 0.2) is 47.4 Å². The van der Waals surface area contributed by atoms with Crippen LogP contribution in [-0.4, -0.2) is 29.1 Å². The van der Waals surface area contributed by atoms with Crippen molar-refractivity contribution in [1.82, 2.24) is 4.72 Å². The van der Waals surface area contributed by atoms with Crippen LogP contribution in [0, 0.1) is 25.7 Å². The average molecular weight is 342 g/mol. The van der Waals surface area contributed by atoms with E-state index in [-0.39, 0.29) is 6.54 Å². The Bertz CT molecular complexity index is 874. The van der Waals surface area contributed by atoms with Crippen molar-refractivity contribution in [2.45, 2.75) is 18.7 Å². The van der Waals surface area contributed by atoms with Gasteiger partial charge >= 0.3 is 0 Å². The lowest BCUT2D eigenvalue weighted by Crippen LogP contribution is -2.24. The van der Waals surface area contributed by atoms with Gasteiger partial charge in [0.1, 0.15) is 0 Å². The summed E-state index contributed by atoms with van der Waals surface area (Å²) in [5, 5.41) is 0. The number of nitrogens with one attached hydrogen (secondary N) is 1. The van der Waals surface area contributed by atoms with Crippen LogP contribution < -0.4 is 9.62 Å². The van der Waals surface area contributed by atoms with Gasteiger partial charge in [-0.3, -0.25) is 0 Å². The van der Waals surface area contributed by atoms with E-state index in [4.69, 9.17) is 0 Å². The summed E-state index contributed by atoms with van der Waals surface area (Å²) in [5.41, 5.74) is 3.58. The molecule has 0 fully saturated rings. The van der Waals surface area contributed by atoms with Crippen molar-refractivity contribution in [2.24, 2.45) is 0 Å². The first-order chi connectivity index (χ1) is 11.3. The third-order valence-corrected chi connectivity index (χ3v) is 5.14. The van der Waals surface area contributed by atoms with Crippen molar-refractivity contribution in [2.75, 3.05) is 25.5 Å². The molecule has 0 heterocycles. The quantitative estimate of drug-likeness (QED) is 0.869. The summed E-state index contributed by atoms with van der Waals surface area (Å²) in [4.78, 5) is 2.31. The van der Waals surface area contributed by atoms with E-state index in [9.17, 15) is 8.42 Å². The fourth-order valence-corrected chi connectivity index (χ4v) is 3.45. The molecular formula is C19H22N2O2S. The van der Waals surface area contributed by atoms with E-state index in [1.807, 2.05) is 62.3 Å². The van der Waals surface area contributed by atoms with Crippen LogP contribution >= 0.6 is 0 Å². The summed E-state index contributed by atoms with van der Waals surface area (Å²) < 4.78 is 27.2. The highest BCUT2D eigenvalue weighted by Crippen LogP contribution is 2.16. The van der Waals surface area contributed by atoms with Gasteiger partial charge in [-0.1, -0.05) is 24.0 Å². The van der Waals surface area contributed by atoms with Crippen LogP contribution in [0.3, 0.4) is 0 Å². The third kappa shape index (κ3) is 4.60. The number of hydrogen-bond donors (Lipinski definition) is 1. The lowest BCUT2D eigenvalue weighted by molar-refractivity contribution is 0.585. The SMILES string of the molecule is Cc1ccc(C)c(S(=O)(=O)NCC#Cc2ccc(N(C)C)cc2)c1. The van der Waals surface area contributed by atoms with E-state index < -0.39 is 10.0 Å². The highest BCUT2D eigenvalue weighted by atomic mass is 32.2. The van der Waals surface area contributed by atoms with Crippen LogP contribution in [0.25, 0.3) is 0 Å². The zero-order valence-electron chi connectivity index (χ0n) is 14.4. The van der Waals surface area contributed by atoms with Gasteiger partial charge in [0.25, 0.3) is 0 Å². The van der Waals surface area contributed by atoms with Gasteiger partial charge in [-0.2, -0.15) is 4.72 Å². The van der Waals surface area contributed by atoms with E-state index in [2.05, 4.69) is 16.6 Å². The number of benzene rings is 2. The first-order valence-electron chi connectivity index (χ1n) is 7.63. The van der Waals surface area contributed by atoms with Crippen LogP contribution in [0.2, 0.25) is 0 Å². The Labute approximate surface area is 144 Å². The molecule has 0 bridgehead atoms. The highest BCUT2D eigenvalue weighted by Gasteiger charge is 2.15. The van der Waals surface area contributed by atoms with Gasteiger partial charge in [0.05, 0.1) is 11.4 Å². The molecule has 0 spiro atoms. The van der Waals surface area contributed by atoms with Gasteiger partial charge in [0.2, 0.25) is 10.0 Å². The van der Waals surface area contributed by atoms with E-state index in [1.165, 1.54) is 0 Å². The molecule has 0 radical (unpaired) electrons. The second kappa shape index (κ2) is 7.52. The molecule has 0 saturated heterocycles. The Morgan fingerprint density at radius 2 is 1.71 bits per heavy atom. The summed E-state index contributed by atoms with van der Waals surface area (Å²) in [5.74, 6) is 5.82. The van der Waals surface area contributed by atoms with Crippen molar-refractivity contribution in [3.63, 3.8) is 0 Å². The maximum absolute atomic E-state index is 12.4. The standard InChI is InChI=1S/C19H22N2O2S/c1-15-7-8-16(2)19(14-15)24(22,23)20-13-5-6-17-9-11-18(12-10-17)21(3)4/h7-12,14,20H,13H2,1-4H3. The molecule has 0 saturated carbocycles. The molecule has 2 aromatic rings. The Balaban J connectivity index is 2.05. The van der Waals surface area contributed by atoms with Crippen molar-refractivity contribution in [1.29, 1.82) is 0 Å². The molecule has 0 atom stereocenters. The molecule has 0 amide bonds. The second-order valence-electron chi connectivity index (χ2n) is 5.84. The number of aryl methyl sites for hydroxylation is 2. The number of rotatable bonds is 4. The molecule has 0 unspecified atom stereocenters. The lowest BCUT2D eigenvalue weighted by atomic mass is 10.2. The largest absolute Gasteiger partial charge is 0.378 e. The van der Waals surface area contributed by atoms with E-state index in [1.54, 1.807) is 13.0 Å². The minimum absolute atomic E-state index is 0.0746. The first kappa shape index (κ1) is 18.1. The molecule has 126 valence electrons. The predicted molar refractivity (Wildman–Crippen MR) is 98.8 cm³/mol. The predicted octanol–water partition coefficient (Wildman–Crippen LogP) is 2.70. The smallest absolute Gasteiger partial charge is 0.241 e. The van der Waals surface area contributed by atoms with Crippen LogP contribution in [0.1, 0.15) is 16.7 Å². The van der Waals surface area contributed by atoms with Gasteiger partial charge in [0, 0.05) is 25.3 Å². The molecule has 0 aliphatic heterocycles. The van der Waals surface area contributed by atoms with Gasteiger partial charge in [0.15, 0.2) is 0 Å². The third-order valence-electron chi connectivity index (χ3n) is 3.60. The molecule has 0 aliphatic carbocycles. The Morgan fingerprint density at radius 3 is 2.33 bits per heavy atom. The molecule has 0 aromatic heterocycles. The number of sulfonamides is 1. The number of nitrogens with zero attached hydrogens (tertiary/aromatic N) is 1. The topological polar surface area (TPSA) is 49.4 Å². The highest BCUT2D eigenvalue weighted by molar-refractivity contribution is 7.89. The summed E-state index contributed by atoms with van der Waals surface area (Å²) in [7, 11) is 0.405. The molecule has 1 N–H and O–H groups in total. The first-order valence-corrected chi connectivity index (χ1v) is 9.11. The minimum Gasteiger partial charge on any atom is -0.378 e. The van der Waals surface area contributed by atoms with Gasteiger partial charge < -0.3 is 4.90 Å². The maximum Gasteiger partial charge on any atom is 0.241 e. The monoisotopic (exact) mass is 342 g/mol. The fourth-order valence-electron chi connectivity index (χ4n) is 2.19. The Kier molecular flexibility index (Phi) is 5.66. The summed E-state index contributed by atoms with van der Waals surface area (Å²) >= 11 is 0. The van der Waals surface area contributed by atoms with E-state index >= 15 is 0 Å². The summed E-state index contributed by atoms with van der Waals surface area (Å²) in [6.07, 6.45) is 0. The second-order valence-corrected chi connectivity index (χ2v) is 7.57. The molecule has 24 heavy (non-hydrogen) atoms. The fraction of sp³-hybridized carbons (Fsp3) is 0.263. The summed E-state index contributed by atoms with van der Waals surface area (Å²) in [6.45, 7) is 3.73. The van der Waals surface area contributed by atoms with Gasteiger partial charge in [-0.25, -0.2) is 8.42 Å². The molecule has 5 heteroatoms. The van der Waals surface area contributed by atoms with Crippen molar-refractivity contribution in [3.05, 3.63) is 59.2 Å². The zero-order chi connectivity index (χ0) is 17.7. The Morgan fingerprint density at radius 1 is 1.04 bits per heavy atom. The molecule has 2 aromatic carbocycles. The molecule has 4 nitrogen and oxygen atoms in total. The lowest BCUT2D eigenvalue weighted by Gasteiger charge is -2.11. The summed E-state index contributed by atoms with van der Waals surface area (Å²) in [6, 6.07) is 13.2.